The summed E-state index contributed by atoms with van der Waals surface area (Å²) in [7, 11) is 3.99. The van der Waals surface area contributed by atoms with Gasteiger partial charge in [-0.2, -0.15) is 13.2 Å². The summed E-state index contributed by atoms with van der Waals surface area (Å²) < 4.78 is 41.5. The van der Waals surface area contributed by atoms with Crippen LogP contribution in [-0.4, -0.2) is 36.8 Å². The van der Waals surface area contributed by atoms with Gasteiger partial charge in [0.2, 0.25) is 0 Å². The summed E-state index contributed by atoms with van der Waals surface area (Å²) in [5, 5.41) is 0.710. The maximum Gasteiger partial charge on any atom is 0.422 e. The van der Waals surface area contributed by atoms with E-state index in [9.17, 15) is 13.2 Å². The second kappa shape index (κ2) is 7.49. The SMILES string of the molecule is CN(C)c1ccccc1CSc1nc2ccc(OCC(F)(F)F)cc2[nH]1. The van der Waals surface area contributed by atoms with E-state index in [0.717, 1.165) is 11.4 Å². The van der Waals surface area contributed by atoms with Crippen LogP contribution in [0.2, 0.25) is 0 Å². The molecule has 0 bridgehead atoms. The number of hydrogen-bond donors (Lipinski definition) is 1. The molecule has 0 fully saturated rings. The summed E-state index contributed by atoms with van der Waals surface area (Å²) >= 11 is 1.54. The first kappa shape index (κ1) is 18.4. The molecule has 1 heterocycles. The minimum Gasteiger partial charge on any atom is -0.484 e. The summed E-state index contributed by atoms with van der Waals surface area (Å²) in [6, 6.07) is 12.8. The summed E-state index contributed by atoms with van der Waals surface area (Å²) in [6.07, 6.45) is -4.36. The average molecular weight is 381 g/mol. The Kier molecular flexibility index (Phi) is 5.31. The summed E-state index contributed by atoms with van der Waals surface area (Å²) in [5.74, 6) is 0.888. The van der Waals surface area contributed by atoms with Crippen LogP contribution in [0, 0.1) is 0 Å². The quantitative estimate of drug-likeness (QED) is 0.619. The number of thioether (sulfide) groups is 1. The molecule has 1 N–H and O–H groups in total. The Hall–Kier alpha value is -2.35. The van der Waals surface area contributed by atoms with Crippen LogP contribution in [-0.2, 0) is 5.75 Å². The van der Waals surface area contributed by atoms with Gasteiger partial charge >= 0.3 is 6.18 Å². The number of para-hydroxylation sites is 1. The fourth-order valence-electron chi connectivity index (χ4n) is 2.50. The third kappa shape index (κ3) is 4.63. The summed E-state index contributed by atoms with van der Waals surface area (Å²) in [4.78, 5) is 9.65. The van der Waals surface area contributed by atoms with Gasteiger partial charge in [0.25, 0.3) is 0 Å². The highest BCUT2D eigenvalue weighted by molar-refractivity contribution is 7.98. The first-order chi connectivity index (χ1) is 12.3. The maximum atomic E-state index is 12.3. The van der Waals surface area contributed by atoms with Crippen LogP contribution < -0.4 is 9.64 Å². The zero-order valence-electron chi connectivity index (χ0n) is 14.3. The van der Waals surface area contributed by atoms with Crippen molar-refractivity contribution in [1.29, 1.82) is 0 Å². The number of anilines is 1. The van der Waals surface area contributed by atoms with Gasteiger partial charge in [-0.05, 0) is 23.8 Å². The lowest BCUT2D eigenvalue weighted by Crippen LogP contribution is -2.19. The van der Waals surface area contributed by atoms with Crippen molar-refractivity contribution in [2.75, 3.05) is 25.6 Å². The molecule has 1 aromatic heterocycles. The van der Waals surface area contributed by atoms with Crippen LogP contribution in [0.1, 0.15) is 5.56 Å². The van der Waals surface area contributed by atoms with E-state index in [-0.39, 0.29) is 5.75 Å². The largest absolute Gasteiger partial charge is 0.484 e. The number of aromatic amines is 1. The van der Waals surface area contributed by atoms with Crippen LogP contribution in [0.5, 0.6) is 5.75 Å². The second-order valence-electron chi connectivity index (χ2n) is 5.94. The third-order valence-corrected chi connectivity index (χ3v) is 4.59. The van der Waals surface area contributed by atoms with E-state index in [1.807, 2.05) is 26.2 Å². The molecule has 0 unspecified atom stereocenters. The predicted octanol–water partition coefficient (Wildman–Crippen LogP) is 4.86. The predicted molar refractivity (Wildman–Crippen MR) is 98.0 cm³/mol. The molecule has 0 saturated heterocycles. The fourth-order valence-corrected chi connectivity index (χ4v) is 3.39. The molecule has 0 amide bonds. The molecule has 3 rings (SSSR count). The number of ether oxygens (including phenoxy) is 1. The zero-order valence-corrected chi connectivity index (χ0v) is 15.1. The summed E-state index contributed by atoms with van der Waals surface area (Å²) in [6.45, 7) is -1.31. The number of H-pyrrole nitrogens is 1. The maximum absolute atomic E-state index is 12.3. The van der Waals surface area contributed by atoms with Gasteiger partial charge in [0.15, 0.2) is 11.8 Å². The number of aromatic nitrogens is 2. The number of nitrogens with one attached hydrogen (secondary N) is 1. The lowest BCUT2D eigenvalue weighted by atomic mass is 10.2. The van der Waals surface area contributed by atoms with Crippen molar-refractivity contribution in [2.45, 2.75) is 17.1 Å². The topological polar surface area (TPSA) is 41.2 Å². The number of rotatable bonds is 6. The molecule has 3 aromatic rings. The second-order valence-corrected chi connectivity index (χ2v) is 6.90. The Morgan fingerprint density at radius 1 is 1.15 bits per heavy atom. The van der Waals surface area contributed by atoms with Crippen molar-refractivity contribution in [1.82, 2.24) is 9.97 Å². The Bertz CT molecular complexity index is 893. The number of nitrogens with zero attached hydrogens (tertiary/aromatic N) is 2. The van der Waals surface area contributed by atoms with Gasteiger partial charge < -0.3 is 14.6 Å². The number of fused-ring (bicyclic) bond motifs is 1. The van der Waals surface area contributed by atoms with Gasteiger partial charge in [-0.3, -0.25) is 0 Å². The number of alkyl halides is 3. The van der Waals surface area contributed by atoms with Gasteiger partial charge in [-0.25, -0.2) is 4.98 Å². The Morgan fingerprint density at radius 2 is 1.92 bits per heavy atom. The van der Waals surface area contributed by atoms with E-state index in [1.54, 1.807) is 17.8 Å². The van der Waals surface area contributed by atoms with E-state index in [0.29, 0.717) is 16.2 Å². The Labute approximate surface area is 153 Å². The summed E-state index contributed by atoms with van der Waals surface area (Å²) in [5.41, 5.74) is 3.65. The first-order valence-corrected chi connectivity index (χ1v) is 8.88. The molecule has 26 heavy (non-hydrogen) atoms. The number of benzene rings is 2. The average Bonchev–Trinajstić information content (AvgIpc) is 2.99. The van der Waals surface area contributed by atoms with Crippen molar-refractivity contribution in [3.8, 4) is 5.75 Å². The molecule has 0 radical (unpaired) electrons. The monoisotopic (exact) mass is 381 g/mol. The van der Waals surface area contributed by atoms with Gasteiger partial charge in [0.1, 0.15) is 5.75 Å². The molecule has 2 aromatic carbocycles. The first-order valence-electron chi connectivity index (χ1n) is 7.89. The fraction of sp³-hybridized carbons (Fsp3) is 0.278. The smallest absolute Gasteiger partial charge is 0.422 e. The molecule has 0 aliphatic carbocycles. The lowest BCUT2D eigenvalue weighted by molar-refractivity contribution is -0.153. The molecule has 8 heteroatoms. The van der Waals surface area contributed by atoms with E-state index in [1.165, 1.54) is 17.7 Å². The molecule has 0 spiro atoms. The van der Waals surface area contributed by atoms with Gasteiger partial charge in [0, 0.05) is 31.6 Å². The number of halogens is 3. The van der Waals surface area contributed by atoms with Crippen LogP contribution in [0.15, 0.2) is 47.6 Å². The van der Waals surface area contributed by atoms with Crippen LogP contribution in [0.4, 0.5) is 18.9 Å². The standard InChI is InChI=1S/C18H18F3N3OS/c1-24(2)16-6-4-3-5-12(16)10-26-17-22-14-8-7-13(9-15(14)23-17)25-11-18(19,20)21/h3-9H,10-11H2,1-2H3,(H,22,23). The molecular weight excluding hydrogens is 363 g/mol. The normalized spacial score (nSPS) is 11.7. The Morgan fingerprint density at radius 3 is 2.65 bits per heavy atom. The van der Waals surface area contributed by atoms with E-state index < -0.39 is 12.8 Å². The highest BCUT2D eigenvalue weighted by atomic mass is 32.2. The van der Waals surface area contributed by atoms with Gasteiger partial charge in [-0.15, -0.1) is 0 Å². The number of hydrogen-bond acceptors (Lipinski definition) is 4. The van der Waals surface area contributed by atoms with Crippen LogP contribution in [0.3, 0.4) is 0 Å². The molecular formula is C18H18F3N3OS. The van der Waals surface area contributed by atoms with Gasteiger partial charge in [0.05, 0.1) is 11.0 Å². The van der Waals surface area contributed by atoms with E-state index in [2.05, 4.69) is 27.0 Å². The lowest BCUT2D eigenvalue weighted by Gasteiger charge is -2.16. The number of imidazole rings is 1. The highest BCUT2D eigenvalue weighted by Crippen LogP contribution is 2.29. The molecule has 0 aliphatic heterocycles. The molecule has 138 valence electrons. The minimum atomic E-state index is -4.36. The van der Waals surface area contributed by atoms with E-state index in [4.69, 9.17) is 4.74 Å². The van der Waals surface area contributed by atoms with Crippen molar-refractivity contribution >= 4 is 28.5 Å². The van der Waals surface area contributed by atoms with Crippen LogP contribution in [0.25, 0.3) is 11.0 Å². The van der Waals surface area contributed by atoms with Gasteiger partial charge in [-0.1, -0.05) is 30.0 Å². The molecule has 4 nitrogen and oxygen atoms in total. The van der Waals surface area contributed by atoms with E-state index >= 15 is 0 Å². The van der Waals surface area contributed by atoms with Crippen molar-refractivity contribution < 1.29 is 17.9 Å². The van der Waals surface area contributed by atoms with Crippen molar-refractivity contribution in [3.05, 3.63) is 48.0 Å². The van der Waals surface area contributed by atoms with Crippen molar-refractivity contribution in [2.24, 2.45) is 0 Å². The highest BCUT2D eigenvalue weighted by Gasteiger charge is 2.28. The molecule has 0 saturated carbocycles. The van der Waals surface area contributed by atoms with Crippen LogP contribution >= 0.6 is 11.8 Å². The third-order valence-electron chi connectivity index (χ3n) is 3.67. The minimum absolute atomic E-state index is 0.160. The van der Waals surface area contributed by atoms with Crippen molar-refractivity contribution in [3.63, 3.8) is 0 Å². The Balaban J connectivity index is 1.71. The zero-order chi connectivity index (χ0) is 18.7. The molecule has 0 aliphatic rings. The molecule has 0 atom stereocenters.